The number of aliphatic carboxylic acids is 1. The van der Waals surface area contributed by atoms with E-state index in [1.54, 1.807) is 17.0 Å². The number of hydrogen-bond acceptors (Lipinski definition) is 3. The summed E-state index contributed by atoms with van der Waals surface area (Å²) in [6.07, 6.45) is 4.72. The average molecular weight is 288 g/mol. The maximum Gasteiger partial charge on any atom is 0.326 e. The number of carbonyl (C=O) groups is 2. The Bertz CT molecular complexity index is 572. The molecule has 5 nitrogen and oxygen atoms in total. The zero-order valence-corrected chi connectivity index (χ0v) is 12.2. The lowest BCUT2D eigenvalue weighted by atomic mass is 9.84. The Hall–Kier alpha value is -1.91. The number of carbonyl (C=O) groups excluding carboxylic acids is 1. The van der Waals surface area contributed by atoms with Gasteiger partial charge in [-0.25, -0.2) is 9.78 Å². The normalized spacial score (nSPS) is 28.2. The topological polar surface area (TPSA) is 70.5 Å². The molecule has 5 heteroatoms. The van der Waals surface area contributed by atoms with E-state index in [9.17, 15) is 14.7 Å². The molecule has 3 rings (SSSR count). The van der Waals surface area contributed by atoms with Crippen LogP contribution in [0.4, 0.5) is 0 Å². The minimum absolute atomic E-state index is 0.0645. The van der Waals surface area contributed by atoms with E-state index in [4.69, 9.17) is 0 Å². The monoisotopic (exact) mass is 288 g/mol. The van der Waals surface area contributed by atoms with E-state index in [-0.39, 0.29) is 11.9 Å². The van der Waals surface area contributed by atoms with Gasteiger partial charge in [-0.2, -0.15) is 0 Å². The van der Waals surface area contributed by atoms with Gasteiger partial charge in [-0.05, 0) is 44.2 Å². The molecule has 1 saturated carbocycles. The maximum absolute atomic E-state index is 12.8. The first-order chi connectivity index (χ1) is 10.1. The van der Waals surface area contributed by atoms with Crippen molar-refractivity contribution in [2.24, 2.45) is 5.92 Å². The van der Waals surface area contributed by atoms with Crippen molar-refractivity contribution in [1.29, 1.82) is 0 Å². The number of likely N-dealkylation sites (tertiary alicyclic amines) is 1. The summed E-state index contributed by atoms with van der Waals surface area (Å²) in [6.45, 7) is 1.83. The number of aromatic nitrogens is 1. The Morgan fingerprint density at radius 3 is 2.76 bits per heavy atom. The summed E-state index contributed by atoms with van der Waals surface area (Å²) in [5.74, 6) is -0.806. The SMILES string of the molecule is Cc1cccc(C(=O)N2C(C(=O)O)CC3CCCCC32)n1. The summed E-state index contributed by atoms with van der Waals surface area (Å²) >= 11 is 0. The molecule has 2 fully saturated rings. The number of pyridine rings is 1. The minimum Gasteiger partial charge on any atom is -0.480 e. The molecule has 3 unspecified atom stereocenters. The van der Waals surface area contributed by atoms with E-state index in [1.165, 1.54) is 0 Å². The molecule has 1 aliphatic carbocycles. The lowest BCUT2D eigenvalue weighted by Crippen LogP contribution is -2.46. The molecular formula is C16H20N2O3. The van der Waals surface area contributed by atoms with E-state index in [1.807, 2.05) is 13.0 Å². The van der Waals surface area contributed by atoms with Gasteiger partial charge in [0.2, 0.25) is 0 Å². The zero-order chi connectivity index (χ0) is 15.0. The third-order valence-corrected chi connectivity index (χ3v) is 4.72. The summed E-state index contributed by atoms with van der Waals surface area (Å²) in [5, 5.41) is 9.47. The number of hydrogen-bond donors (Lipinski definition) is 1. The number of rotatable bonds is 2. The van der Waals surface area contributed by atoms with Crippen LogP contribution in [0.2, 0.25) is 0 Å². The Morgan fingerprint density at radius 2 is 2.05 bits per heavy atom. The fourth-order valence-corrected chi connectivity index (χ4v) is 3.77. The number of nitrogens with zero attached hydrogens (tertiary/aromatic N) is 2. The van der Waals surface area contributed by atoms with Crippen LogP contribution in [0.5, 0.6) is 0 Å². The van der Waals surface area contributed by atoms with Crippen molar-refractivity contribution in [2.75, 3.05) is 0 Å². The van der Waals surface area contributed by atoms with Crippen LogP contribution in [0.3, 0.4) is 0 Å². The van der Waals surface area contributed by atoms with E-state index >= 15 is 0 Å². The summed E-state index contributed by atoms with van der Waals surface area (Å²) < 4.78 is 0. The molecule has 0 spiro atoms. The Labute approximate surface area is 124 Å². The molecule has 3 atom stereocenters. The minimum atomic E-state index is -0.898. The van der Waals surface area contributed by atoms with E-state index in [0.29, 0.717) is 18.0 Å². The van der Waals surface area contributed by atoms with Crippen molar-refractivity contribution in [3.8, 4) is 0 Å². The standard InChI is InChI=1S/C16H20N2O3/c1-10-5-4-7-12(17-10)15(19)18-13-8-3-2-6-11(13)9-14(18)16(20)21/h4-5,7,11,13-14H,2-3,6,8-9H2,1H3,(H,20,21). The van der Waals surface area contributed by atoms with E-state index in [2.05, 4.69) is 4.98 Å². The average Bonchev–Trinajstić information content (AvgIpc) is 2.86. The lowest BCUT2D eigenvalue weighted by molar-refractivity contribution is -0.141. The molecule has 1 aromatic rings. The molecule has 2 heterocycles. The molecule has 1 N–H and O–H groups in total. The molecule has 1 aliphatic heterocycles. The van der Waals surface area contributed by atoms with Gasteiger partial charge in [0.1, 0.15) is 11.7 Å². The molecule has 1 saturated heterocycles. The van der Waals surface area contributed by atoms with Crippen LogP contribution in [0.15, 0.2) is 18.2 Å². The maximum atomic E-state index is 12.8. The lowest BCUT2D eigenvalue weighted by Gasteiger charge is -2.32. The second-order valence-corrected chi connectivity index (χ2v) is 6.08. The predicted molar refractivity (Wildman–Crippen MR) is 76.9 cm³/mol. The first-order valence-corrected chi connectivity index (χ1v) is 7.57. The quantitative estimate of drug-likeness (QED) is 0.906. The zero-order valence-electron chi connectivity index (χ0n) is 12.2. The fourth-order valence-electron chi connectivity index (χ4n) is 3.77. The first-order valence-electron chi connectivity index (χ1n) is 7.57. The van der Waals surface area contributed by atoms with Crippen molar-refractivity contribution in [3.63, 3.8) is 0 Å². The predicted octanol–water partition coefficient (Wildman–Crippen LogP) is 2.25. The van der Waals surface area contributed by atoms with Crippen LogP contribution in [-0.4, -0.2) is 39.0 Å². The third kappa shape index (κ3) is 2.52. The number of carboxylic acids is 1. The van der Waals surface area contributed by atoms with E-state index < -0.39 is 12.0 Å². The Kier molecular flexibility index (Phi) is 3.66. The van der Waals surface area contributed by atoms with Crippen LogP contribution in [0.1, 0.15) is 48.3 Å². The molecule has 1 amide bonds. The highest BCUT2D eigenvalue weighted by Gasteiger charge is 2.47. The van der Waals surface area contributed by atoms with Gasteiger partial charge >= 0.3 is 5.97 Å². The van der Waals surface area contributed by atoms with Gasteiger partial charge in [0.25, 0.3) is 5.91 Å². The van der Waals surface area contributed by atoms with Crippen LogP contribution in [0.25, 0.3) is 0 Å². The summed E-state index contributed by atoms with van der Waals surface area (Å²) in [5.41, 5.74) is 1.12. The summed E-state index contributed by atoms with van der Waals surface area (Å²) in [7, 11) is 0. The number of fused-ring (bicyclic) bond motifs is 1. The van der Waals surface area contributed by atoms with Crippen molar-refractivity contribution in [3.05, 3.63) is 29.6 Å². The van der Waals surface area contributed by atoms with Gasteiger partial charge in [0, 0.05) is 11.7 Å². The summed E-state index contributed by atoms with van der Waals surface area (Å²) in [4.78, 5) is 30.2. The molecule has 0 radical (unpaired) electrons. The largest absolute Gasteiger partial charge is 0.480 e. The molecule has 0 bridgehead atoms. The van der Waals surface area contributed by atoms with Crippen molar-refractivity contribution >= 4 is 11.9 Å². The highest BCUT2D eigenvalue weighted by Crippen LogP contribution is 2.40. The molecule has 1 aromatic heterocycles. The van der Waals surface area contributed by atoms with Crippen molar-refractivity contribution < 1.29 is 14.7 Å². The number of amides is 1. The van der Waals surface area contributed by atoms with Crippen LogP contribution < -0.4 is 0 Å². The highest BCUT2D eigenvalue weighted by atomic mass is 16.4. The summed E-state index contributed by atoms with van der Waals surface area (Å²) in [6, 6.07) is 4.66. The second-order valence-electron chi connectivity index (χ2n) is 6.08. The van der Waals surface area contributed by atoms with Gasteiger partial charge in [0.05, 0.1) is 0 Å². The smallest absolute Gasteiger partial charge is 0.326 e. The second kappa shape index (κ2) is 5.47. The highest BCUT2D eigenvalue weighted by molar-refractivity contribution is 5.95. The molecule has 0 aromatic carbocycles. The van der Waals surface area contributed by atoms with E-state index in [0.717, 1.165) is 31.4 Å². The first kappa shape index (κ1) is 14.0. The van der Waals surface area contributed by atoms with Gasteiger partial charge in [-0.1, -0.05) is 18.9 Å². The molecule has 2 aliphatic rings. The molecular weight excluding hydrogens is 268 g/mol. The van der Waals surface area contributed by atoms with Gasteiger partial charge in [0.15, 0.2) is 0 Å². The Morgan fingerprint density at radius 1 is 1.29 bits per heavy atom. The van der Waals surface area contributed by atoms with Gasteiger partial charge in [-0.15, -0.1) is 0 Å². The number of carboxylic acid groups (broad SMARTS) is 1. The fraction of sp³-hybridized carbons (Fsp3) is 0.562. The third-order valence-electron chi connectivity index (χ3n) is 4.72. The molecule has 112 valence electrons. The van der Waals surface area contributed by atoms with Crippen LogP contribution >= 0.6 is 0 Å². The Balaban J connectivity index is 1.92. The number of aryl methyl sites for hydroxylation is 1. The van der Waals surface area contributed by atoms with Gasteiger partial charge < -0.3 is 10.0 Å². The van der Waals surface area contributed by atoms with Crippen LogP contribution in [0, 0.1) is 12.8 Å². The van der Waals surface area contributed by atoms with Gasteiger partial charge in [-0.3, -0.25) is 4.79 Å². The molecule has 21 heavy (non-hydrogen) atoms. The van der Waals surface area contributed by atoms with Crippen LogP contribution in [-0.2, 0) is 4.79 Å². The van der Waals surface area contributed by atoms with Crippen molar-refractivity contribution in [2.45, 2.75) is 51.1 Å². The van der Waals surface area contributed by atoms with Crippen molar-refractivity contribution in [1.82, 2.24) is 9.88 Å².